The standard InChI is InChI=1S/C21H34N6O3/c1-17-16-26(13-14-27(17)20(28)30-21(2,3)4)18-10-9-11-19(24-18)29-15-8-6-5-7-12-23-25-22/h9-11,17H,5-8,12-16H2,1-4H3. The molecule has 1 aliphatic rings. The Morgan fingerprint density at radius 1 is 1.27 bits per heavy atom. The van der Waals surface area contributed by atoms with Crippen LogP contribution in [-0.2, 0) is 4.74 Å². The van der Waals surface area contributed by atoms with Crippen molar-refractivity contribution in [1.82, 2.24) is 9.88 Å². The van der Waals surface area contributed by atoms with E-state index in [1.54, 1.807) is 4.90 Å². The summed E-state index contributed by atoms with van der Waals surface area (Å²) < 4.78 is 11.3. The average molecular weight is 419 g/mol. The average Bonchev–Trinajstić information content (AvgIpc) is 2.68. The van der Waals surface area contributed by atoms with Gasteiger partial charge in [0.2, 0.25) is 5.88 Å². The van der Waals surface area contributed by atoms with Crippen LogP contribution in [0.25, 0.3) is 10.4 Å². The number of azide groups is 1. The van der Waals surface area contributed by atoms with Crippen molar-refractivity contribution in [2.75, 3.05) is 37.7 Å². The molecule has 0 N–H and O–H groups in total. The van der Waals surface area contributed by atoms with Gasteiger partial charge in [-0.15, -0.1) is 0 Å². The molecule has 1 unspecified atom stereocenters. The number of unbranched alkanes of at least 4 members (excludes halogenated alkanes) is 3. The van der Waals surface area contributed by atoms with E-state index in [1.807, 2.05) is 45.9 Å². The molecule has 0 bridgehead atoms. The Bertz CT molecular complexity index is 730. The molecule has 0 aliphatic carbocycles. The minimum absolute atomic E-state index is 0.0327. The largest absolute Gasteiger partial charge is 0.478 e. The fourth-order valence-electron chi connectivity index (χ4n) is 3.28. The fourth-order valence-corrected chi connectivity index (χ4v) is 3.28. The number of aromatic nitrogens is 1. The molecular formula is C21H34N6O3. The molecule has 1 aliphatic heterocycles. The van der Waals surface area contributed by atoms with E-state index in [0.29, 0.717) is 38.7 Å². The van der Waals surface area contributed by atoms with Gasteiger partial charge in [0.25, 0.3) is 0 Å². The molecular weight excluding hydrogens is 384 g/mol. The Hall–Kier alpha value is -2.67. The first-order chi connectivity index (χ1) is 14.3. The Labute approximate surface area is 179 Å². The highest BCUT2D eigenvalue weighted by Gasteiger charge is 2.31. The normalized spacial score (nSPS) is 16.7. The zero-order chi connectivity index (χ0) is 22.0. The number of ether oxygens (including phenoxy) is 2. The lowest BCUT2D eigenvalue weighted by Crippen LogP contribution is -2.55. The van der Waals surface area contributed by atoms with Gasteiger partial charge >= 0.3 is 6.09 Å². The number of carbonyl (C=O) groups is 1. The van der Waals surface area contributed by atoms with Gasteiger partial charge < -0.3 is 19.3 Å². The number of piperazine rings is 1. The van der Waals surface area contributed by atoms with Crippen LogP contribution in [0.3, 0.4) is 0 Å². The second-order valence-electron chi connectivity index (χ2n) is 8.52. The summed E-state index contributed by atoms with van der Waals surface area (Å²) in [6, 6.07) is 5.82. The first-order valence-corrected chi connectivity index (χ1v) is 10.7. The second kappa shape index (κ2) is 11.5. The second-order valence-corrected chi connectivity index (χ2v) is 8.52. The van der Waals surface area contributed by atoms with Crippen molar-refractivity contribution in [2.45, 2.75) is 65.0 Å². The van der Waals surface area contributed by atoms with Crippen molar-refractivity contribution in [1.29, 1.82) is 0 Å². The third-order valence-electron chi connectivity index (χ3n) is 4.75. The smallest absolute Gasteiger partial charge is 0.410 e. The van der Waals surface area contributed by atoms with E-state index in [9.17, 15) is 4.79 Å². The molecule has 0 aromatic carbocycles. The molecule has 1 aromatic heterocycles. The SMILES string of the molecule is CC1CN(c2cccc(OCCCCCCN=[N+]=[N-])n2)CCN1C(=O)OC(C)(C)C. The van der Waals surface area contributed by atoms with Crippen LogP contribution >= 0.6 is 0 Å². The minimum atomic E-state index is -0.494. The van der Waals surface area contributed by atoms with Gasteiger partial charge in [-0.05, 0) is 52.1 Å². The summed E-state index contributed by atoms with van der Waals surface area (Å²) in [4.78, 5) is 23.7. The third-order valence-corrected chi connectivity index (χ3v) is 4.75. The van der Waals surface area contributed by atoms with E-state index < -0.39 is 5.60 Å². The molecule has 2 rings (SSSR count). The van der Waals surface area contributed by atoms with Gasteiger partial charge in [0.05, 0.1) is 6.61 Å². The fraction of sp³-hybridized carbons (Fsp3) is 0.714. The molecule has 1 amide bonds. The van der Waals surface area contributed by atoms with E-state index in [0.717, 1.165) is 31.5 Å². The van der Waals surface area contributed by atoms with Gasteiger partial charge in [-0.2, -0.15) is 4.98 Å². The Morgan fingerprint density at radius 3 is 2.73 bits per heavy atom. The lowest BCUT2D eigenvalue weighted by molar-refractivity contribution is 0.0158. The number of pyridine rings is 1. The zero-order valence-electron chi connectivity index (χ0n) is 18.6. The molecule has 9 heteroatoms. The number of hydrogen-bond donors (Lipinski definition) is 0. The van der Waals surface area contributed by atoms with Gasteiger partial charge in [0.15, 0.2) is 0 Å². The Kier molecular flexibility index (Phi) is 9.05. The lowest BCUT2D eigenvalue weighted by atomic mass is 10.2. The monoisotopic (exact) mass is 418 g/mol. The quantitative estimate of drug-likeness (QED) is 0.248. The molecule has 0 saturated carbocycles. The van der Waals surface area contributed by atoms with Crippen molar-refractivity contribution < 1.29 is 14.3 Å². The number of amides is 1. The van der Waals surface area contributed by atoms with Crippen LogP contribution in [0.5, 0.6) is 5.88 Å². The summed E-state index contributed by atoms with van der Waals surface area (Å²) >= 11 is 0. The molecule has 30 heavy (non-hydrogen) atoms. The van der Waals surface area contributed by atoms with Gasteiger partial charge in [-0.3, -0.25) is 0 Å². The van der Waals surface area contributed by atoms with Gasteiger partial charge in [0.1, 0.15) is 11.4 Å². The van der Waals surface area contributed by atoms with E-state index in [4.69, 9.17) is 15.0 Å². The predicted molar refractivity (Wildman–Crippen MR) is 117 cm³/mol. The first kappa shape index (κ1) is 23.6. The minimum Gasteiger partial charge on any atom is -0.478 e. The maximum absolute atomic E-state index is 12.4. The highest BCUT2D eigenvalue weighted by molar-refractivity contribution is 5.69. The van der Waals surface area contributed by atoms with Crippen molar-refractivity contribution in [3.05, 3.63) is 28.6 Å². The zero-order valence-corrected chi connectivity index (χ0v) is 18.6. The number of anilines is 1. The van der Waals surface area contributed by atoms with Gasteiger partial charge in [-0.25, -0.2) is 4.79 Å². The molecule has 0 radical (unpaired) electrons. The number of hydrogen-bond acceptors (Lipinski definition) is 6. The van der Waals surface area contributed by atoms with E-state index in [1.165, 1.54) is 0 Å². The van der Waals surface area contributed by atoms with Crippen LogP contribution in [0.1, 0.15) is 53.4 Å². The lowest BCUT2D eigenvalue weighted by Gasteiger charge is -2.40. The summed E-state index contributed by atoms with van der Waals surface area (Å²) in [5.41, 5.74) is 7.75. The van der Waals surface area contributed by atoms with Crippen LogP contribution < -0.4 is 9.64 Å². The van der Waals surface area contributed by atoms with Crippen LogP contribution in [-0.4, -0.2) is 60.4 Å². The summed E-state index contributed by atoms with van der Waals surface area (Å²) in [6.45, 7) is 10.8. The maximum atomic E-state index is 12.4. The van der Waals surface area contributed by atoms with Crippen LogP contribution in [0.4, 0.5) is 10.6 Å². The van der Waals surface area contributed by atoms with Gasteiger partial charge in [0, 0.05) is 43.2 Å². The molecule has 2 heterocycles. The molecule has 1 aromatic rings. The first-order valence-electron chi connectivity index (χ1n) is 10.7. The molecule has 166 valence electrons. The molecule has 0 spiro atoms. The highest BCUT2D eigenvalue weighted by Crippen LogP contribution is 2.21. The highest BCUT2D eigenvalue weighted by atomic mass is 16.6. The summed E-state index contributed by atoms with van der Waals surface area (Å²) in [5, 5.41) is 3.53. The summed E-state index contributed by atoms with van der Waals surface area (Å²) in [7, 11) is 0. The molecule has 9 nitrogen and oxygen atoms in total. The van der Waals surface area contributed by atoms with Crippen molar-refractivity contribution in [3.63, 3.8) is 0 Å². The Balaban J connectivity index is 1.79. The van der Waals surface area contributed by atoms with E-state index in [-0.39, 0.29) is 12.1 Å². The molecule has 1 atom stereocenters. The van der Waals surface area contributed by atoms with Crippen LogP contribution in [0, 0.1) is 0 Å². The molecule has 1 saturated heterocycles. The van der Waals surface area contributed by atoms with Crippen molar-refractivity contribution in [2.24, 2.45) is 5.11 Å². The maximum Gasteiger partial charge on any atom is 0.410 e. The predicted octanol–water partition coefficient (Wildman–Crippen LogP) is 4.78. The summed E-state index contributed by atoms with van der Waals surface area (Å²) in [6.07, 6.45) is 3.64. The van der Waals surface area contributed by atoms with Crippen LogP contribution in [0.2, 0.25) is 0 Å². The summed E-state index contributed by atoms with van der Waals surface area (Å²) in [5.74, 6) is 1.47. The molecule has 1 fully saturated rings. The van der Waals surface area contributed by atoms with Gasteiger partial charge in [-0.1, -0.05) is 24.0 Å². The Morgan fingerprint density at radius 2 is 2.03 bits per heavy atom. The number of carbonyl (C=O) groups excluding carboxylic acids is 1. The van der Waals surface area contributed by atoms with E-state index in [2.05, 4.69) is 19.9 Å². The third kappa shape index (κ3) is 7.99. The van der Waals surface area contributed by atoms with Crippen molar-refractivity contribution in [3.8, 4) is 5.88 Å². The van der Waals surface area contributed by atoms with Crippen LogP contribution in [0.15, 0.2) is 23.3 Å². The number of nitrogens with zero attached hydrogens (tertiary/aromatic N) is 6. The number of rotatable bonds is 9. The van der Waals surface area contributed by atoms with Crippen molar-refractivity contribution >= 4 is 11.9 Å². The van der Waals surface area contributed by atoms with E-state index >= 15 is 0 Å². The topological polar surface area (TPSA) is 104 Å².